The van der Waals surface area contributed by atoms with Crippen molar-refractivity contribution in [3.8, 4) is 0 Å². The molecule has 19 heavy (non-hydrogen) atoms. The molecule has 1 saturated heterocycles. The van der Waals surface area contributed by atoms with Crippen molar-refractivity contribution in [2.45, 2.75) is 6.42 Å². The van der Waals surface area contributed by atoms with Gasteiger partial charge in [0, 0.05) is 24.8 Å². The van der Waals surface area contributed by atoms with Gasteiger partial charge in [-0.1, -0.05) is 0 Å². The summed E-state index contributed by atoms with van der Waals surface area (Å²) < 4.78 is 0. The molecule has 7 nitrogen and oxygen atoms in total. The van der Waals surface area contributed by atoms with Crippen LogP contribution in [0.3, 0.4) is 0 Å². The molecule has 7 heteroatoms. The van der Waals surface area contributed by atoms with Crippen LogP contribution in [-0.4, -0.2) is 30.2 Å². The van der Waals surface area contributed by atoms with Gasteiger partial charge in [0.05, 0.1) is 16.4 Å². The number of carbonyl (C=O) groups is 2. The number of benzene rings is 1. The second-order valence-corrected chi connectivity index (χ2v) is 4.45. The van der Waals surface area contributed by atoms with Gasteiger partial charge >= 0.3 is 0 Å². The lowest BCUT2D eigenvalue weighted by Gasteiger charge is -2.18. The Morgan fingerprint density at radius 2 is 2.26 bits per heavy atom. The summed E-state index contributed by atoms with van der Waals surface area (Å²) in [6.45, 7) is 1.12. The van der Waals surface area contributed by atoms with Gasteiger partial charge in [0.1, 0.15) is 0 Å². The van der Waals surface area contributed by atoms with Crippen LogP contribution in [0.15, 0.2) is 18.2 Å². The summed E-state index contributed by atoms with van der Waals surface area (Å²) in [6, 6.07) is 4.35. The molecule has 1 unspecified atom stereocenters. The fourth-order valence-electron chi connectivity index (χ4n) is 2.23. The third kappa shape index (κ3) is 2.54. The highest BCUT2D eigenvalue weighted by Crippen LogP contribution is 2.28. The fraction of sp³-hybridized carbons (Fsp3) is 0.333. The standard InChI is InChI=1S/C12H13N3O4/c13-12(17)8-3-4-14(6-8)10-1-2-11(15(18)19)9(5-10)7-16/h1-2,5,7-8H,3-4,6H2,(H2,13,17). The fourth-order valence-corrected chi connectivity index (χ4v) is 2.23. The number of aldehydes is 1. The lowest BCUT2D eigenvalue weighted by molar-refractivity contribution is -0.385. The summed E-state index contributed by atoms with van der Waals surface area (Å²) >= 11 is 0. The number of nitro benzene ring substituents is 1. The minimum atomic E-state index is -0.594. The van der Waals surface area contributed by atoms with E-state index in [1.54, 1.807) is 6.07 Å². The minimum absolute atomic E-state index is 0.0324. The molecular weight excluding hydrogens is 250 g/mol. The van der Waals surface area contributed by atoms with Crippen molar-refractivity contribution in [2.24, 2.45) is 11.7 Å². The van der Waals surface area contributed by atoms with Crippen LogP contribution in [0.5, 0.6) is 0 Å². The van der Waals surface area contributed by atoms with Gasteiger partial charge in [-0.05, 0) is 18.6 Å². The molecule has 0 bridgehead atoms. The highest BCUT2D eigenvalue weighted by molar-refractivity contribution is 5.84. The summed E-state index contributed by atoms with van der Waals surface area (Å²) in [4.78, 5) is 34.0. The van der Waals surface area contributed by atoms with Crippen molar-refractivity contribution in [3.63, 3.8) is 0 Å². The third-order valence-electron chi connectivity index (χ3n) is 3.29. The molecule has 2 rings (SSSR count). The number of anilines is 1. The predicted octanol–water partition coefficient (Wildman–Crippen LogP) is 0.719. The van der Waals surface area contributed by atoms with E-state index >= 15 is 0 Å². The van der Waals surface area contributed by atoms with Crippen molar-refractivity contribution in [3.05, 3.63) is 33.9 Å². The Hall–Kier alpha value is -2.44. The number of hydrogen-bond acceptors (Lipinski definition) is 5. The van der Waals surface area contributed by atoms with Crippen LogP contribution in [0.1, 0.15) is 16.8 Å². The van der Waals surface area contributed by atoms with Crippen LogP contribution in [0.4, 0.5) is 11.4 Å². The molecule has 1 heterocycles. The average Bonchev–Trinajstić information content (AvgIpc) is 2.87. The van der Waals surface area contributed by atoms with Crippen molar-refractivity contribution >= 4 is 23.6 Å². The van der Waals surface area contributed by atoms with Crippen LogP contribution in [0.25, 0.3) is 0 Å². The van der Waals surface area contributed by atoms with Gasteiger partial charge < -0.3 is 10.6 Å². The zero-order valence-electron chi connectivity index (χ0n) is 10.1. The number of amides is 1. The average molecular weight is 263 g/mol. The van der Waals surface area contributed by atoms with Crippen LogP contribution in [0.2, 0.25) is 0 Å². The molecular formula is C12H13N3O4. The van der Waals surface area contributed by atoms with Gasteiger partial charge in [0.15, 0.2) is 6.29 Å². The number of primary amides is 1. The van der Waals surface area contributed by atoms with E-state index in [-0.39, 0.29) is 23.1 Å². The highest BCUT2D eigenvalue weighted by Gasteiger charge is 2.27. The van der Waals surface area contributed by atoms with E-state index in [1.807, 2.05) is 4.90 Å². The molecule has 100 valence electrons. The van der Waals surface area contributed by atoms with E-state index in [2.05, 4.69) is 0 Å². The molecule has 0 aliphatic carbocycles. The predicted molar refractivity (Wildman–Crippen MR) is 68.0 cm³/mol. The van der Waals surface area contributed by atoms with E-state index < -0.39 is 4.92 Å². The second-order valence-electron chi connectivity index (χ2n) is 4.45. The zero-order chi connectivity index (χ0) is 14.0. The molecule has 1 aliphatic heterocycles. The number of rotatable bonds is 4. The van der Waals surface area contributed by atoms with E-state index in [4.69, 9.17) is 5.73 Å². The number of hydrogen-bond donors (Lipinski definition) is 1. The molecule has 1 fully saturated rings. The summed E-state index contributed by atoms with van der Waals surface area (Å²) in [5.41, 5.74) is 5.75. The molecule has 0 spiro atoms. The van der Waals surface area contributed by atoms with Gasteiger partial charge in [-0.3, -0.25) is 19.7 Å². The Kier molecular flexibility index (Phi) is 3.46. The SMILES string of the molecule is NC(=O)C1CCN(c2ccc([N+](=O)[O-])c(C=O)c2)C1. The Balaban J connectivity index is 2.25. The molecule has 1 amide bonds. The van der Waals surface area contributed by atoms with Crippen molar-refractivity contribution in [1.29, 1.82) is 0 Å². The second kappa shape index (κ2) is 5.05. The van der Waals surface area contributed by atoms with Crippen LogP contribution >= 0.6 is 0 Å². The van der Waals surface area contributed by atoms with Crippen LogP contribution < -0.4 is 10.6 Å². The van der Waals surface area contributed by atoms with Crippen LogP contribution in [0, 0.1) is 16.0 Å². The van der Waals surface area contributed by atoms with E-state index in [0.717, 1.165) is 0 Å². The summed E-state index contributed by atoms with van der Waals surface area (Å²) in [5.74, 6) is -0.560. The van der Waals surface area contributed by atoms with Gasteiger partial charge in [-0.25, -0.2) is 0 Å². The maximum absolute atomic E-state index is 11.1. The van der Waals surface area contributed by atoms with Gasteiger partial charge in [0.25, 0.3) is 5.69 Å². The quantitative estimate of drug-likeness (QED) is 0.489. The van der Waals surface area contributed by atoms with Crippen LogP contribution in [-0.2, 0) is 4.79 Å². The van der Waals surface area contributed by atoms with E-state index in [9.17, 15) is 19.7 Å². The van der Waals surface area contributed by atoms with Gasteiger partial charge in [0.2, 0.25) is 5.91 Å². The number of nitrogens with zero attached hydrogens (tertiary/aromatic N) is 2. The largest absolute Gasteiger partial charge is 0.371 e. The maximum Gasteiger partial charge on any atom is 0.280 e. The molecule has 0 saturated carbocycles. The molecule has 0 radical (unpaired) electrons. The Labute approximate surface area is 109 Å². The number of carbonyl (C=O) groups excluding carboxylic acids is 2. The zero-order valence-corrected chi connectivity index (χ0v) is 10.1. The Morgan fingerprint density at radius 1 is 1.53 bits per heavy atom. The monoisotopic (exact) mass is 263 g/mol. The maximum atomic E-state index is 11.1. The minimum Gasteiger partial charge on any atom is -0.371 e. The lowest BCUT2D eigenvalue weighted by atomic mass is 10.1. The van der Waals surface area contributed by atoms with E-state index in [0.29, 0.717) is 31.5 Å². The Bertz CT molecular complexity index is 544. The first-order valence-electron chi connectivity index (χ1n) is 5.81. The molecule has 1 aliphatic rings. The van der Waals surface area contributed by atoms with E-state index in [1.165, 1.54) is 12.1 Å². The van der Waals surface area contributed by atoms with Gasteiger partial charge in [-0.15, -0.1) is 0 Å². The molecule has 1 atom stereocenters. The van der Waals surface area contributed by atoms with Gasteiger partial charge in [-0.2, -0.15) is 0 Å². The Morgan fingerprint density at radius 3 is 2.79 bits per heavy atom. The lowest BCUT2D eigenvalue weighted by Crippen LogP contribution is -2.27. The summed E-state index contributed by atoms with van der Waals surface area (Å²) in [6.07, 6.45) is 1.12. The first-order valence-corrected chi connectivity index (χ1v) is 5.81. The van der Waals surface area contributed by atoms with Crippen molar-refractivity contribution in [2.75, 3.05) is 18.0 Å². The first kappa shape index (κ1) is 13.0. The molecule has 1 aromatic carbocycles. The third-order valence-corrected chi connectivity index (χ3v) is 3.29. The topological polar surface area (TPSA) is 107 Å². The summed E-state index contributed by atoms with van der Waals surface area (Å²) in [7, 11) is 0. The molecule has 0 aromatic heterocycles. The highest BCUT2D eigenvalue weighted by atomic mass is 16.6. The number of nitrogens with two attached hydrogens (primary N) is 1. The molecule has 1 aromatic rings. The summed E-state index contributed by atoms with van der Waals surface area (Å²) in [5, 5.41) is 10.7. The number of nitro groups is 1. The molecule has 2 N–H and O–H groups in total. The normalized spacial score (nSPS) is 18.3. The van der Waals surface area contributed by atoms with Crippen molar-refractivity contribution in [1.82, 2.24) is 0 Å². The van der Waals surface area contributed by atoms with Crippen molar-refractivity contribution < 1.29 is 14.5 Å². The smallest absolute Gasteiger partial charge is 0.280 e. The first-order chi connectivity index (χ1) is 9.02.